The van der Waals surface area contributed by atoms with Crippen LogP contribution in [0.25, 0.3) is 0 Å². The molecular weight excluding hydrogens is 278 g/mol. The number of nitrogens with one attached hydrogen (secondary N) is 1. The SMILES string of the molecule is CC(COc1ccccc1)(NC(O)CCO)c1ccccc1. The van der Waals surface area contributed by atoms with Crippen LogP contribution in [0.3, 0.4) is 0 Å². The van der Waals surface area contributed by atoms with Crippen molar-refractivity contribution in [3.63, 3.8) is 0 Å². The number of aliphatic hydroxyl groups excluding tert-OH is 2. The van der Waals surface area contributed by atoms with E-state index < -0.39 is 11.8 Å². The minimum atomic E-state index is -0.797. The highest BCUT2D eigenvalue weighted by Gasteiger charge is 2.29. The first-order valence-corrected chi connectivity index (χ1v) is 7.44. The molecule has 0 spiro atoms. The van der Waals surface area contributed by atoms with Gasteiger partial charge in [-0.2, -0.15) is 0 Å². The molecule has 4 heteroatoms. The quantitative estimate of drug-likeness (QED) is 0.655. The molecule has 0 saturated heterocycles. The van der Waals surface area contributed by atoms with Gasteiger partial charge in [-0.1, -0.05) is 48.5 Å². The molecule has 0 saturated carbocycles. The highest BCUT2D eigenvalue weighted by Crippen LogP contribution is 2.23. The van der Waals surface area contributed by atoms with E-state index in [1.165, 1.54) is 0 Å². The summed E-state index contributed by atoms with van der Waals surface area (Å²) >= 11 is 0. The van der Waals surface area contributed by atoms with Crippen molar-refractivity contribution in [1.82, 2.24) is 5.32 Å². The molecule has 3 N–H and O–H groups in total. The molecule has 0 aromatic heterocycles. The van der Waals surface area contributed by atoms with Crippen molar-refractivity contribution in [2.24, 2.45) is 0 Å². The lowest BCUT2D eigenvalue weighted by atomic mass is 9.92. The molecule has 0 fully saturated rings. The Morgan fingerprint density at radius 3 is 2.23 bits per heavy atom. The Hall–Kier alpha value is -1.88. The Morgan fingerprint density at radius 1 is 1.05 bits per heavy atom. The van der Waals surface area contributed by atoms with Crippen LogP contribution < -0.4 is 10.1 Å². The van der Waals surface area contributed by atoms with Crippen molar-refractivity contribution in [3.8, 4) is 5.75 Å². The Balaban J connectivity index is 2.14. The molecule has 2 rings (SSSR count). The number of aliphatic hydroxyl groups is 2. The second-order valence-electron chi connectivity index (χ2n) is 5.47. The first kappa shape index (κ1) is 16.5. The van der Waals surface area contributed by atoms with Crippen molar-refractivity contribution < 1.29 is 14.9 Å². The van der Waals surface area contributed by atoms with Gasteiger partial charge in [0.05, 0.1) is 5.54 Å². The third-order valence-corrected chi connectivity index (χ3v) is 3.57. The summed E-state index contributed by atoms with van der Waals surface area (Å²) in [6.45, 7) is 2.27. The zero-order chi connectivity index (χ0) is 15.8. The molecular formula is C18H23NO3. The minimum Gasteiger partial charge on any atom is -0.491 e. The predicted octanol–water partition coefficient (Wildman–Crippen LogP) is 2.27. The molecule has 2 atom stereocenters. The molecule has 0 aliphatic rings. The molecule has 2 aromatic carbocycles. The molecule has 0 radical (unpaired) electrons. The summed E-state index contributed by atoms with van der Waals surface area (Å²) in [7, 11) is 0. The number of rotatable bonds is 8. The molecule has 0 amide bonds. The number of hydrogen-bond acceptors (Lipinski definition) is 4. The maximum atomic E-state index is 10.0. The van der Waals surface area contributed by atoms with E-state index in [0.717, 1.165) is 11.3 Å². The van der Waals surface area contributed by atoms with Crippen LogP contribution in [0, 0.1) is 0 Å². The van der Waals surface area contributed by atoms with Crippen LogP contribution in [-0.2, 0) is 5.54 Å². The summed E-state index contributed by atoms with van der Waals surface area (Å²) in [5.74, 6) is 0.781. The summed E-state index contributed by atoms with van der Waals surface area (Å²) < 4.78 is 5.87. The third kappa shape index (κ3) is 4.56. The molecule has 0 bridgehead atoms. The van der Waals surface area contributed by atoms with E-state index in [4.69, 9.17) is 9.84 Å². The topological polar surface area (TPSA) is 61.7 Å². The van der Waals surface area contributed by atoms with Gasteiger partial charge in [0.1, 0.15) is 18.6 Å². The van der Waals surface area contributed by atoms with Crippen LogP contribution in [0.15, 0.2) is 60.7 Å². The standard InChI is InChI=1S/C18H23NO3/c1-18(19-17(21)12-13-20,15-8-4-2-5-9-15)14-22-16-10-6-3-7-11-16/h2-11,17,19-21H,12-14H2,1H3. The lowest BCUT2D eigenvalue weighted by Gasteiger charge is -2.33. The van der Waals surface area contributed by atoms with Crippen LogP contribution in [0.4, 0.5) is 0 Å². The van der Waals surface area contributed by atoms with Crippen molar-refractivity contribution in [2.45, 2.75) is 25.1 Å². The van der Waals surface area contributed by atoms with E-state index in [9.17, 15) is 5.11 Å². The van der Waals surface area contributed by atoms with Crippen molar-refractivity contribution in [3.05, 3.63) is 66.2 Å². The minimum absolute atomic E-state index is 0.0709. The predicted molar refractivity (Wildman–Crippen MR) is 86.6 cm³/mol. The van der Waals surface area contributed by atoms with Gasteiger partial charge in [-0.15, -0.1) is 0 Å². The summed E-state index contributed by atoms with van der Waals surface area (Å²) in [6.07, 6.45) is -0.525. The van der Waals surface area contributed by atoms with Crippen molar-refractivity contribution in [2.75, 3.05) is 13.2 Å². The molecule has 22 heavy (non-hydrogen) atoms. The molecule has 0 aliphatic carbocycles. The fourth-order valence-corrected chi connectivity index (χ4v) is 2.32. The van der Waals surface area contributed by atoms with Gasteiger partial charge >= 0.3 is 0 Å². The summed E-state index contributed by atoms with van der Waals surface area (Å²) in [6, 6.07) is 19.4. The van der Waals surface area contributed by atoms with Gasteiger partial charge in [-0.05, 0) is 24.6 Å². The van der Waals surface area contributed by atoms with Crippen molar-refractivity contribution in [1.29, 1.82) is 0 Å². The second kappa shape index (κ2) is 7.94. The highest BCUT2D eigenvalue weighted by atomic mass is 16.5. The zero-order valence-electron chi connectivity index (χ0n) is 12.8. The summed E-state index contributed by atoms with van der Waals surface area (Å²) in [4.78, 5) is 0. The maximum Gasteiger partial charge on any atom is 0.119 e. The van der Waals surface area contributed by atoms with Gasteiger partial charge in [0.2, 0.25) is 0 Å². The smallest absolute Gasteiger partial charge is 0.119 e. The number of benzene rings is 2. The molecule has 0 heterocycles. The molecule has 2 aromatic rings. The Morgan fingerprint density at radius 2 is 1.64 bits per heavy atom. The fraction of sp³-hybridized carbons (Fsp3) is 0.333. The van der Waals surface area contributed by atoms with Gasteiger partial charge in [-0.3, -0.25) is 5.32 Å². The first-order chi connectivity index (χ1) is 10.6. The molecule has 4 nitrogen and oxygen atoms in total. The van der Waals surface area contributed by atoms with Crippen LogP contribution in [0.1, 0.15) is 18.9 Å². The van der Waals surface area contributed by atoms with E-state index in [1.807, 2.05) is 67.6 Å². The summed E-state index contributed by atoms with van der Waals surface area (Å²) in [5, 5.41) is 22.1. The van der Waals surface area contributed by atoms with Crippen LogP contribution >= 0.6 is 0 Å². The van der Waals surface area contributed by atoms with E-state index in [1.54, 1.807) is 0 Å². The van der Waals surface area contributed by atoms with Gasteiger partial charge in [0, 0.05) is 13.0 Å². The average Bonchev–Trinajstić information content (AvgIpc) is 2.55. The second-order valence-corrected chi connectivity index (χ2v) is 5.47. The number of hydrogen-bond donors (Lipinski definition) is 3. The van der Waals surface area contributed by atoms with Crippen molar-refractivity contribution >= 4 is 0 Å². The van der Waals surface area contributed by atoms with E-state index in [-0.39, 0.29) is 13.0 Å². The zero-order valence-corrected chi connectivity index (χ0v) is 12.8. The lowest BCUT2D eigenvalue weighted by Crippen LogP contribution is -2.50. The van der Waals surface area contributed by atoms with E-state index >= 15 is 0 Å². The van der Waals surface area contributed by atoms with Crippen LogP contribution in [0.5, 0.6) is 5.75 Å². The molecule has 2 unspecified atom stereocenters. The number of ether oxygens (including phenoxy) is 1. The summed E-state index contributed by atoms with van der Waals surface area (Å²) in [5.41, 5.74) is 0.453. The van der Waals surface area contributed by atoms with Gasteiger partial charge in [-0.25, -0.2) is 0 Å². The monoisotopic (exact) mass is 301 g/mol. The first-order valence-electron chi connectivity index (χ1n) is 7.44. The van der Waals surface area contributed by atoms with Gasteiger partial charge in [0.25, 0.3) is 0 Å². The molecule has 118 valence electrons. The Bertz CT molecular complexity index is 547. The largest absolute Gasteiger partial charge is 0.491 e. The highest BCUT2D eigenvalue weighted by molar-refractivity contribution is 5.26. The fourth-order valence-electron chi connectivity index (χ4n) is 2.32. The van der Waals surface area contributed by atoms with Crippen LogP contribution in [0.2, 0.25) is 0 Å². The van der Waals surface area contributed by atoms with Gasteiger partial charge < -0.3 is 14.9 Å². The van der Waals surface area contributed by atoms with Gasteiger partial charge in [0.15, 0.2) is 0 Å². The third-order valence-electron chi connectivity index (χ3n) is 3.57. The maximum absolute atomic E-state index is 10.0. The number of para-hydroxylation sites is 1. The van der Waals surface area contributed by atoms with Crippen LogP contribution in [-0.4, -0.2) is 29.7 Å². The average molecular weight is 301 g/mol. The molecule has 0 aliphatic heterocycles. The Kier molecular flexibility index (Phi) is 5.95. The van der Waals surface area contributed by atoms with E-state index in [2.05, 4.69) is 5.32 Å². The normalized spacial score (nSPS) is 15.0. The Labute approximate surface area is 131 Å². The van der Waals surface area contributed by atoms with E-state index in [0.29, 0.717) is 6.61 Å². The lowest BCUT2D eigenvalue weighted by molar-refractivity contribution is 0.0520.